The van der Waals surface area contributed by atoms with Crippen LogP contribution in [0.5, 0.6) is 5.75 Å². The molecule has 226 valence electrons. The van der Waals surface area contributed by atoms with Crippen molar-refractivity contribution in [3.05, 3.63) is 58.1 Å². The summed E-state index contributed by atoms with van der Waals surface area (Å²) in [6.07, 6.45) is 6.70. The summed E-state index contributed by atoms with van der Waals surface area (Å²) in [5, 5.41) is 19.5. The number of aromatic carboxylic acids is 1. The van der Waals surface area contributed by atoms with E-state index in [2.05, 4.69) is 22.2 Å². The van der Waals surface area contributed by atoms with Gasteiger partial charge >= 0.3 is 5.97 Å². The molecule has 2 aromatic rings. The Balaban J connectivity index is 1.22. The highest BCUT2D eigenvalue weighted by Crippen LogP contribution is 2.47. The predicted molar refractivity (Wildman–Crippen MR) is 162 cm³/mol. The molecule has 4 aliphatic rings. The highest BCUT2D eigenvalue weighted by atomic mass is 35.5. The van der Waals surface area contributed by atoms with Crippen molar-refractivity contribution in [1.29, 1.82) is 0 Å². The van der Waals surface area contributed by atoms with Crippen LogP contribution in [-0.4, -0.2) is 56.3 Å². The third-order valence-electron chi connectivity index (χ3n) is 9.85. The molecule has 0 radical (unpaired) electrons. The number of anilines is 1. The normalized spacial score (nSPS) is 27.5. The molecular weight excluding hydrogens is 578 g/mol. The first-order valence-electron chi connectivity index (χ1n) is 14.8. The van der Waals surface area contributed by atoms with Gasteiger partial charge < -0.3 is 19.6 Å². The lowest BCUT2D eigenvalue weighted by atomic mass is 9.68. The number of aryl methyl sites for hydroxylation is 1. The summed E-state index contributed by atoms with van der Waals surface area (Å²) in [7, 11) is -3.57. The summed E-state index contributed by atoms with van der Waals surface area (Å²) in [6.45, 7) is 3.62. The van der Waals surface area contributed by atoms with Gasteiger partial charge in [0.1, 0.15) is 11.9 Å². The van der Waals surface area contributed by atoms with Gasteiger partial charge in [0, 0.05) is 35.9 Å². The summed E-state index contributed by atoms with van der Waals surface area (Å²) in [4.78, 5) is 20.2. The molecule has 0 saturated heterocycles. The lowest BCUT2D eigenvalue weighted by Gasteiger charge is -2.45. The maximum absolute atomic E-state index is 11.9. The first kappa shape index (κ1) is 29.3. The molecule has 1 spiro atoms. The third kappa shape index (κ3) is 5.73. The van der Waals surface area contributed by atoms with Gasteiger partial charge in [0.05, 0.1) is 28.8 Å². The minimum absolute atomic E-state index is 0.0388. The van der Waals surface area contributed by atoms with Crippen LogP contribution in [0.1, 0.15) is 73.4 Å². The topological polar surface area (TPSA) is 132 Å². The van der Waals surface area contributed by atoms with Crippen molar-refractivity contribution in [2.45, 2.75) is 75.1 Å². The monoisotopic (exact) mass is 615 g/mol. The summed E-state index contributed by atoms with van der Waals surface area (Å²) >= 11 is 6.37. The van der Waals surface area contributed by atoms with Crippen molar-refractivity contribution in [3.63, 3.8) is 0 Å². The highest BCUT2D eigenvalue weighted by molar-refractivity contribution is 7.89. The Kier molecular flexibility index (Phi) is 7.91. The molecule has 2 aliphatic carbocycles. The Morgan fingerprint density at radius 3 is 2.83 bits per heavy atom. The lowest BCUT2D eigenvalue weighted by molar-refractivity contribution is -0.0213. The zero-order chi connectivity index (χ0) is 29.6. The number of carbonyl (C=O) groups is 1. The molecule has 2 aliphatic heterocycles. The first-order chi connectivity index (χ1) is 20.0. The summed E-state index contributed by atoms with van der Waals surface area (Å²) in [5.74, 6) is 0.403. The van der Waals surface area contributed by atoms with Crippen LogP contribution in [0, 0.1) is 11.8 Å². The van der Waals surface area contributed by atoms with E-state index >= 15 is 0 Å². The van der Waals surface area contributed by atoms with E-state index in [1.165, 1.54) is 11.1 Å². The second-order valence-corrected chi connectivity index (χ2v) is 15.0. The number of benzene rings is 2. The standard InChI is InChI=1S/C31H38ClN3O6S/c1-19(42(33,38)39)4-8-24-15-29(41-34-24)25-9-5-22(25)16-35-17-31(12-2-3-20-13-23(32)7-10-26(20)31)18-40-28-11-6-21(30(36)37)14-27(28)35/h6-7,10-11,13-14,19,22,25,29H,2-5,8-9,12,15-18H2,1H3,(H,36,37)(H2,33,38,39)/t19?,22-,25+,29+,31?/m0/s1. The molecule has 5 atom stereocenters. The highest BCUT2D eigenvalue weighted by Gasteiger charge is 2.45. The molecule has 42 heavy (non-hydrogen) atoms. The molecule has 1 fully saturated rings. The number of nitrogens with zero attached hydrogens (tertiary/aromatic N) is 2. The van der Waals surface area contributed by atoms with Crippen LogP contribution in [0.3, 0.4) is 0 Å². The number of hydrogen-bond acceptors (Lipinski definition) is 7. The SMILES string of the molecule is CC(CCC1=NO[C@@H]([C@@H]2CC[C@H]2CN2CC3(CCCc4cc(Cl)ccc43)COc3ccc(C(=O)O)cc32)C1)S(N)(=O)=O. The van der Waals surface area contributed by atoms with Crippen molar-refractivity contribution in [2.24, 2.45) is 22.1 Å². The molecule has 2 heterocycles. The largest absolute Gasteiger partial charge is 0.490 e. The van der Waals surface area contributed by atoms with E-state index < -0.39 is 21.2 Å². The number of rotatable bonds is 8. The molecule has 9 nitrogen and oxygen atoms in total. The van der Waals surface area contributed by atoms with Gasteiger partial charge in [-0.15, -0.1) is 0 Å². The van der Waals surface area contributed by atoms with Gasteiger partial charge in [-0.05, 0) is 99.2 Å². The molecular formula is C31H38ClN3O6S. The van der Waals surface area contributed by atoms with Crippen LogP contribution in [0.25, 0.3) is 0 Å². The number of primary sulfonamides is 1. The van der Waals surface area contributed by atoms with E-state index in [0.29, 0.717) is 43.5 Å². The van der Waals surface area contributed by atoms with Gasteiger partial charge in [-0.2, -0.15) is 0 Å². The molecule has 2 unspecified atom stereocenters. The minimum atomic E-state index is -3.57. The maximum Gasteiger partial charge on any atom is 0.335 e. The van der Waals surface area contributed by atoms with Crippen molar-refractivity contribution in [3.8, 4) is 5.75 Å². The number of nitrogens with two attached hydrogens (primary N) is 1. The fraction of sp³-hybridized carbons (Fsp3) is 0.548. The van der Waals surface area contributed by atoms with Crippen LogP contribution >= 0.6 is 11.6 Å². The molecule has 0 aromatic heterocycles. The van der Waals surface area contributed by atoms with E-state index in [-0.39, 0.29) is 17.1 Å². The molecule has 6 rings (SSSR count). The van der Waals surface area contributed by atoms with Gasteiger partial charge in [0.2, 0.25) is 10.0 Å². The Morgan fingerprint density at radius 2 is 2.10 bits per heavy atom. The van der Waals surface area contributed by atoms with Gasteiger partial charge in [0.15, 0.2) is 0 Å². The summed E-state index contributed by atoms with van der Waals surface area (Å²) in [5.41, 5.74) is 4.24. The number of oxime groups is 1. The van der Waals surface area contributed by atoms with Gasteiger partial charge in [-0.3, -0.25) is 0 Å². The van der Waals surface area contributed by atoms with Gasteiger partial charge in [0.25, 0.3) is 0 Å². The third-order valence-corrected chi connectivity index (χ3v) is 11.4. The Hall–Kier alpha value is -2.82. The lowest BCUT2D eigenvalue weighted by Crippen LogP contribution is -2.49. The smallest absolute Gasteiger partial charge is 0.335 e. The fourth-order valence-electron chi connectivity index (χ4n) is 7.20. The zero-order valence-corrected chi connectivity index (χ0v) is 25.4. The van der Waals surface area contributed by atoms with Crippen molar-refractivity contribution in [1.82, 2.24) is 0 Å². The Labute approximate surface area is 252 Å². The molecule has 3 N–H and O–H groups in total. The number of halogens is 1. The van der Waals surface area contributed by atoms with Crippen molar-refractivity contribution >= 4 is 39.0 Å². The van der Waals surface area contributed by atoms with E-state index in [4.69, 9.17) is 26.3 Å². The average Bonchev–Trinajstić information content (AvgIpc) is 3.33. The number of hydrogen-bond donors (Lipinski definition) is 2. The second kappa shape index (κ2) is 11.4. The fourth-order valence-corrected chi connectivity index (χ4v) is 7.84. The zero-order valence-electron chi connectivity index (χ0n) is 23.8. The molecule has 1 saturated carbocycles. The van der Waals surface area contributed by atoms with E-state index in [1.807, 2.05) is 6.07 Å². The number of fused-ring (bicyclic) bond motifs is 3. The molecule has 0 bridgehead atoms. The minimum Gasteiger partial charge on any atom is -0.490 e. The van der Waals surface area contributed by atoms with Crippen molar-refractivity contribution in [2.75, 3.05) is 24.6 Å². The summed E-state index contributed by atoms with van der Waals surface area (Å²) in [6, 6.07) is 11.3. The van der Waals surface area contributed by atoms with Gasteiger partial charge in [-0.1, -0.05) is 22.8 Å². The first-order valence-corrected chi connectivity index (χ1v) is 16.8. The summed E-state index contributed by atoms with van der Waals surface area (Å²) < 4.78 is 29.7. The molecule has 0 amide bonds. The van der Waals surface area contributed by atoms with Crippen LogP contribution in [0.4, 0.5) is 5.69 Å². The molecule has 11 heteroatoms. The molecule has 2 aromatic carbocycles. The Bertz CT molecular complexity index is 1510. The van der Waals surface area contributed by atoms with Crippen LogP contribution < -0.4 is 14.8 Å². The quantitative estimate of drug-likeness (QED) is 0.420. The van der Waals surface area contributed by atoms with E-state index in [0.717, 1.165) is 61.6 Å². The van der Waals surface area contributed by atoms with Crippen LogP contribution in [-0.2, 0) is 26.7 Å². The second-order valence-electron chi connectivity index (χ2n) is 12.5. The Morgan fingerprint density at radius 1 is 1.26 bits per heavy atom. The number of carboxylic acids is 1. The van der Waals surface area contributed by atoms with E-state index in [9.17, 15) is 18.3 Å². The van der Waals surface area contributed by atoms with E-state index in [1.54, 1.807) is 25.1 Å². The number of sulfonamides is 1. The number of carboxylic acid groups (broad SMARTS) is 1. The van der Waals surface area contributed by atoms with Crippen LogP contribution in [0.15, 0.2) is 41.6 Å². The van der Waals surface area contributed by atoms with Crippen molar-refractivity contribution < 1.29 is 27.9 Å². The maximum atomic E-state index is 11.9. The van der Waals surface area contributed by atoms with Gasteiger partial charge in [-0.25, -0.2) is 18.4 Å². The average molecular weight is 616 g/mol. The number of ether oxygens (including phenoxy) is 1. The van der Waals surface area contributed by atoms with Crippen LogP contribution in [0.2, 0.25) is 5.02 Å². The predicted octanol–water partition coefficient (Wildman–Crippen LogP) is 5.14.